The summed E-state index contributed by atoms with van der Waals surface area (Å²) in [6.45, 7) is 4.63. The van der Waals surface area contributed by atoms with Crippen molar-refractivity contribution in [1.82, 2.24) is 4.72 Å². The second-order valence-corrected chi connectivity index (χ2v) is 7.55. The second-order valence-electron chi connectivity index (χ2n) is 5.15. The predicted octanol–water partition coefficient (Wildman–Crippen LogP) is 4.13. The number of rotatable bonds is 3. The van der Waals surface area contributed by atoms with Crippen LogP contribution in [0.15, 0.2) is 18.2 Å². The molecular formula is C12H14ClF4NOS. The third-order valence-corrected chi connectivity index (χ3v) is 4.24. The Balaban J connectivity index is 3.14. The van der Waals surface area contributed by atoms with Crippen molar-refractivity contribution in [3.63, 3.8) is 0 Å². The number of alkyl halides is 3. The van der Waals surface area contributed by atoms with E-state index in [1.165, 1.54) is 0 Å². The molecule has 0 spiro atoms. The monoisotopic (exact) mass is 331 g/mol. The molecule has 2 nitrogen and oxygen atoms in total. The van der Waals surface area contributed by atoms with Crippen molar-refractivity contribution < 1.29 is 21.8 Å². The lowest BCUT2D eigenvalue weighted by molar-refractivity contribution is -0.152. The number of hydrogen-bond acceptors (Lipinski definition) is 1. The molecular weight excluding hydrogens is 318 g/mol. The SMILES string of the molecule is CC(C)(C)[S@@](=O)N[C@H](c1ccc(F)c(Cl)c1)C(F)(F)F. The van der Waals surface area contributed by atoms with Gasteiger partial charge in [0.15, 0.2) is 0 Å². The molecule has 1 N–H and O–H groups in total. The summed E-state index contributed by atoms with van der Waals surface area (Å²) >= 11 is 5.49. The van der Waals surface area contributed by atoms with E-state index in [1.807, 2.05) is 4.72 Å². The highest BCUT2D eigenvalue weighted by atomic mass is 35.5. The molecule has 1 aromatic carbocycles. The van der Waals surface area contributed by atoms with E-state index in [4.69, 9.17) is 11.6 Å². The molecule has 0 saturated heterocycles. The van der Waals surface area contributed by atoms with Crippen LogP contribution in [0.1, 0.15) is 32.4 Å². The highest BCUT2D eigenvalue weighted by Crippen LogP contribution is 2.35. The topological polar surface area (TPSA) is 29.1 Å². The normalized spacial score (nSPS) is 16.0. The van der Waals surface area contributed by atoms with Crippen LogP contribution in [0.25, 0.3) is 0 Å². The van der Waals surface area contributed by atoms with E-state index in [0.29, 0.717) is 0 Å². The van der Waals surface area contributed by atoms with Gasteiger partial charge < -0.3 is 0 Å². The largest absolute Gasteiger partial charge is 0.408 e. The molecule has 0 amide bonds. The average molecular weight is 332 g/mol. The fourth-order valence-corrected chi connectivity index (χ4v) is 2.33. The fourth-order valence-electron chi connectivity index (χ4n) is 1.30. The summed E-state index contributed by atoms with van der Waals surface area (Å²) in [5.74, 6) is -0.812. The Morgan fingerprint density at radius 3 is 2.20 bits per heavy atom. The molecule has 0 aliphatic carbocycles. The van der Waals surface area contributed by atoms with E-state index in [1.54, 1.807) is 20.8 Å². The second kappa shape index (κ2) is 5.99. The maximum Gasteiger partial charge on any atom is 0.408 e. The quantitative estimate of drug-likeness (QED) is 0.829. The molecule has 0 aromatic heterocycles. The molecule has 0 bridgehead atoms. The fraction of sp³-hybridized carbons (Fsp3) is 0.500. The van der Waals surface area contributed by atoms with Gasteiger partial charge in [0.25, 0.3) is 0 Å². The van der Waals surface area contributed by atoms with Gasteiger partial charge in [-0.15, -0.1) is 0 Å². The molecule has 0 aliphatic rings. The average Bonchev–Trinajstić information content (AvgIpc) is 2.26. The van der Waals surface area contributed by atoms with Crippen LogP contribution in [0.5, 0.6) is 0 Å². The summed E-state index contributed by atoms with van der Waals surface area (Å²) in [6, 6.07) is 0.507. The minimum atomic E-state index is -4.68. The lowest BCUT2D eigenvalue weighted by Gasteiger charge is -2.26. The van der Waals surface area contributed by atoms with Gasteiger partial charge in [0.1, 0.15) is 11.9 Å². The van der Waals surface area contributed by atoms with Gasteiger partial charge in [-0.2, -0.15) is 13.2 Å². The Hall–Kier alpha value is -0.660. The van der Waals surface area contributed by atoms with E-state index in [2.05, 4.69) is 0 Å². The number of hydrogen-bond donors (Lipinski definition) is 1. The summed E-state index contributed by atoms with van der Waals surface area (Å²) in [4.78, 5) is 0. The van der Waals surface area contributed by atoms with E-state index < -0.39 is 38.8 Å². The molecule has 0 unspecified atom stereocenters. The number of nitrogens with one attached hydrogen (secondary N) is 1. The Bertz CT molecular complexity index is 513. The first-order chi connectivity index (χ1) is 8.93. The summed E-state index contributed by atoms with van der Waals surface area (Å²) in [5.41, 5.74) is -0.290. The molecule has 1 rings (SSSR count). The third-order valence-electron chi connectivity index (χ3n) is 2.39. The van der Waals surface area contributed by atoms with Gasteiger partial charge in [0, 0.05) is 0 Å². The number of halogens is 5. The minimum absolute atomic E-state index is 0.290. The molecule has 20 heavy (non-hydrogen) atoms. The van der Waals surface area contributed by atoms with Crippen LogP contribution in [-0.2, 0) is 11.0 Å². The predicted molar refractivity (Wildman–Crippen MR) is 71.2 cm³/mol. The number of benzene rings is 1. The summed E-state index contributed by atoms with van der Waals surface area (Å²) in [6.07, 6.45) is -4.68. The Labute approximate surface area is 122 Å². The molecule has 0 saturated carbocycles. The van der Waals surface area contributed by atoms with Crippen molar-refractivity contribution in [2.75, 3.05) is 0 Å². The van der Waals surface area contributed by atoms with Gasteiger partial charge in [-0.05, 0) is 38.5 Å². The first-order valence-corrected chi connectivity index (χ1v) is 7.15. The molecule has 0 aliphatic heterocycles. The standard InChI is InChI=1S/C12H14ClF4NOS/c1-11(2,3)20(19)18-10(12(15,16)17)7-4-5-9(14)8(13)6-7/h4-6,10,18H,1-3H3/t10-,20-/m1/s1. The highest BCUT2D eigenvalue weighted by molar-refractivity contribution is 7.84. The van der Waals surface area contributed by atoms with Gasteiger partial charge >= 0.3 is 6.18 Å². The first kappa shape index (κ1) is 17.4. The van der Waals surface area contributed by atoms with E-state index in [0.717, 1.165) is 18.2 Å². The molecule has 2 atom stereocenters. The smallest absolute Gasteiger partial charge is 0.242 e. The maximum absolute atomic E-state index is 13.1. The van der Waals surface area contributed by atoms with Gasteiger partial charge in [-0.3, -0.25) is 0 Å². The highest BCUT2D eigenvalue weighted by Gasteiger charge is 2.43. The summed E-state index contributed by atoms with van der Waals surface area (Å²) in [5, 5.41) is -0.417. The molecule has 114 valence electrons. The maximum atomic E-state index is 13.1. The van der Waals surface area contributed by atoms with E-state index in [-0.39, 0.29) is 5.56 Å². The first-order valence-electron chi connectivity index (χ1n) is 5.62. The molecule has 1 aromatic rings. The molecule has 0 radical (unpaired) electrons. The zero-order valence-electron chi connectivity index (χ0n) is 11.0. The summed E-state index contributed by atoms with van der Waals surface area (Å²) < 4.78 is 65.2. The lowest BCUT2D eigenvalue weighted by Crippen LogP contribution is -2.41. The van der Waals surface area contributed by atoms with Crippen molar-refractivity contribution in [3.05, 3.63) is 34.6 Å². The molecule has 0 heterocycles. The lowest BCUT2D eigenvalue weighted by atomic mass is 10.1. The van der Waals surface area contributed by atoms with Crippen molar-refractivity contribution in [3.8, 4) is 0 Å². The van der Waals surface area contributed by atoms with Crippen LogP contribution in [0.3, 0.4) is 0 Å². The van der Waals surface area contributed by atoms with Gasteiger partial charge in [0.2, 0.25) is 0 Å². The van der Waals surface area contributed by atoms with Crippen molar-refractivity contribution in [2.45, 2.75) is 37.7 Å². The van der Waals surface area contributed by atoms with E-state index >= 15 is 0 Å². The third kappa shape index (κ3) is 4.43. The summed E-state index contributed by atoms with van der Waals surface area (Å²) in [7, 11) is -1.93. The van der Waals surface area contributed by atoms with Crippen molar-refractivity contribution in [1.29, 1.82) is 0 Å². The minimum Gasteiger partial charge on any atom is -0.242 e. The van der Waals surface area contributed by atoms with Crippen LogP contribution in [0, 0.1) is 5.82 Å². The van der Waals surface area contributed by atoms with Crippen LogP contribution >= 0.6 is 11.6 Å². The Kier molecular flexibility index (Phi) is 5.21. The van der Waals surface area contributed by atoms with Gasteiger partial charge in [0.05, 0.1) is 20.8 Å². The van der Waals surface area contributed by atoms with Gasteiger partial charge in [-0.25, -0.2) is 13.3 Å². The van der Waals surface area contributed by atoms with Gasteiger partial charge in [-0.1, -0.05) is 17.7 Å². The van der Waals surface area contributed by atoms with Crippen LogP contribution in [0.4, 0.5) is 17.6 Å². The van der Waals surface area contributed by atoms with Crippen LogP contribution in [-0.4, -0.2) is 15.1 Å². The zero-order valence-corrected chi connectivity index (χ0v) is 12.6. The van der Waals surface area contributed by atoms with E-state index in [9.17, 15) is 21.8 Å². The van der Waals surface area contributed by atoms with Crippen LogP contribution in [0.2, 0.25) is 5.02 Å². The Morgan fingerprint density at radius 2 is 1.80 bits per heavy atom. The molecule has 0 fully saturated rings. The van der Waals surface area contributed by atoms with Crippen molar-refractivity contribution in [2.24, 2.45) is 0 Å². The van der Waals surface area contributed by atoms with Crippen LogP contribution < -0.4 is 4.72 Å². The molecule has 8 heteroatoms. The van der Waals surface area contributed by atoms with Crippen molar-refractivity contribution >= 4 is 22.6 Å². The zero-order chi connectivity index (χ0) is 15.7. The Morgan fingerprint density at radius 1 is 1.25 bits per heavy atom.